The zero-order valence-corrected chi connectivity index (χ0v) is 13.3. The molecule has 0 spiro atoms. The van der Waals surface area contributed by atoms with Gasteiger partial charge in [0, 0.05) is 19.3 Å². The number of aryl methyl sites for hydroxylation is 1. The van der Waals surface area contributed by atoms with Gasteiger partial charge in [-0.15, -0.1) is 0 Å². The van der Waals surface area contributed by atoms with Crippen LogP contribution in [-0.2, 0) is 13.0 Å². The van der Waals surface area contributed by atoms with Gasteiger partial charge >= 0.3 is 6.03 Å². The van der Waals surface area contributed by atoms with Crippen LogP contribution < -0.4 is 10.1 Å². The molecule has 0 unspecified atom stereocenters. The SMILES string of the molecule is CCc1ccc(CN(C)C(=O)Nc2ccc(OC)cc2)cc1. The Morgan fingerprint density at radius 3 is 2.18 bits per heavy atom. The molecule has 2 amide bonds. The monoisotopic (exact) mass is 298 g/mol. The summed E-state index contributed by atoms with van der Waals surface area (Å²) in [5.74, 6) is 0.766. The minimum absolute atomic E-state index is 0.135. The number of rotatable bonds is 5. The zero-order chi connectivity index (χ0) is 15.9. The minimum Gasteiger partial charge on any atom is -0.497 e. The summed E-state index contributed by atoms with van der Waals surface area (Å²) in [5.41, 5.74) is 3.16. The molecule has 0 saturated heterocycles. The predicted molar refractivity (Wildman–Crippen MR) is 89.3 cm³/mol. The van der Waals surface area contributed by atoms with Crippen molar-refractivity contribution in [2.75, 3.05) is 19.5 Å². The van der Waals surface area contributed by atoms with Crippen LogP contribution in [0.4, 0.5) is 10.5 Å². The lowest BCUT2D eigenvalue weighted by molar-refractivity contribution is 0.220. The Morgan fingerprint density at radius 2 is 1.64 bits per heavy atom. The molecule has 0 saturated carbocycles. The molecule has 2 aromatic rings. The van der Waals surface area contributed by atoms with Crippen molar-refractivity contribution < 1.29 is 9.53 Å². The van der Waals surface area contributed by atoms with Crippen LogP contribution in [0.3, 0.4) is 0 Å². The molecule has 0 aliphatic carbocycles. The molecule has 1 N–H and O–H groups in total. The van der Waals surface area contributed by atoms with Gasteiger partial charge in [0.05, 0.1) is 7.11 Å². The van der Waals surface area contributed by atoms with Crippen LogP contribution in [-0.4, -0.2) is 25.1 Å². The number of ether oxygens (including phenoxy) is 1. The van der Waals surface area contributed by atoms with Crippen molar-refractivity contribution in [1.82, 2.24) is 4.90 Å². The summed E-state index contributed by atoms with van der Waals surface area (Å²) in [5, 5.41) is 2.87. The van der Waals surface area contributed by atoms with Crippen LogP contribution in [0.25, 0.3) is 0 Å². The van der Waals surface area contributed by atoms with E-state index >= 15 is 0 Å². The van der Waals surface area contributed by atoms with Gasteiger partial charge in [-0.3, -0.25) is 0 Å². The third-order valence-electron chi connectivity index (χ3n) is 3.54. The number of urea groups is 1. The first kappa shape index (κ1) is 15.9. The molecule has 2 rings (SSSR count). The summed E-state index contributed by atoms with van der Waals surface area (Å²) in [6.45, 7) is 2.70. The first-order chi connectivity index (χ1) is 10.6. The number of carbonyl (C=O) groups is 1. The molecule has 116 valence electrons. The maximum absolute atomic E-state index is 12.2. The summed E-state index contributed by atoms with van der Waals surface area (Å²) in [6.07, 6.45) is 1.02. The second kappa shape index (κ2) is 7.50. The summed E-state index contributed by atoms with van der Waals surface area (Å²) >= 11 is 0. The second-order valence-electron chi connectivity index (χ2n) is 5.18. The number of methoxy groups -OCH3 is 1. The van der Waals surface area contributed by atoms with E-state index < -0.39 is 0 Å². The van der Waals surface area contributed by atoms with Crippen molar-refractivity contribution in [2.45, 2.75) is 19.9 Å². The van der Waals surface area contributed by atoms with Crippen LogP contribution in [0.2, 0.25) is 0 Å². The Kier molecular flexibility index (Phi) is 5.42. The van der Waals surface area contributed by atoms with E-state index in [2.05, 4.69) is 36.5 Å². The third-order valence-corrected chi connectivity index (χ3v) is 3.54. The van der Waals surface area contributed by atoms with Gasteiger partial charge in [0.1, 0.15) is 5.75 Å². The second-order valence-corrected chi connectivity index (χ2v) is 5.18. The lowest BCUT2D eigenvalue weighted by Crippen LogP contribution is -2.30. The first-order valence-electron chi connectivity index (χ1n) is 7.36. The molecular weight excluding hydrogens is 276 g/mol. The lowest BCUT2D eigenvalue weighted by Gasteiger charge is -2.18. The van der Waals surface area contributed by atoms with E-state index in [0.717, 1.165) is 23.4 Å². The predicted octanol–water partition coefficient (Wildman–Crippen LogP) is 3.92. The smallest absolute Gasteiger partial charge is 0.321 e. The Bertz CT molecular complexity index is 606. The van der Waals surface area contributed by atoms with E-state index in [1.165, 1.54) is 5.56 Å². The Balaban J connectivity index is 1.92. The van der Waals surface area contributed by atoms with Crippen LogP contribution >= 0.6 is 0 Å². The van der Waals surface area contributed by atoms with Crippen LogP contribution in [0, 0.1) is 0 Å². The van der Waals surface area contributed by atoms with E-state index in [9.17, 15) is 4.79 Å². The summed E-state index contributed by atoms with van der Waals surface area (Å²) < 4.78 is 5.10. The number of amides is 2. The van der Waals surface area contributed by atoms with Gasteiger partial charge in [0.2, 0.25) is 0 Å². The van der Waals surface area contributed by atoms with Crippen LogP contribution in [0.5, 0.6) is 5.75 Å². The molecule has 4 heteroatoms. The number of carbonyl (C=O) groups excluding carboxylic acids is 1. The normalized spacial score (nSPS) is 10.1. The van der Waals surface area contributed by atoms with Gasteiger partial charge in [0.15, 0.2) is 0 Å². The molecule has 0 fully saturated rings. The molecule has 0 atom stereocenters. The molecule has 0 aromatic heterocycles. The van der Waals surface area contributed by atoms with Crippen molar-refractivity contribution in [3.63, 3.8) is 0 Å². The van der Waals surface area contributed by atoms with Crippen molar-refractivity contribution in [3.8, 4) is 5.75 Å². The van der Waals surface area contributed by atoms with Gasteiger partial charge in [-0.2, -0.15) is 0 Å². The maximum atomic E-state index is 12.2. The quantitative estimate of drug-likeness (QED) is 0.909. The largest absolute Gasteiger partial charge is 0.497 e. The number of hydrogen-bond donors (Lipinski definition) is 1. The zero-order valence-electron chi connectivity index (χ0n) is 13.3. The highest BCUT2D eigenvalue weighted by Crippen LogP contribution is 2.15. The number of anilines is 1. The summed E-state index contributed by atoms with van der Waals surface area (Å²) in [6, 6.07) is 15.5. The molecular formula is C18H22N2O2. The van der Waals surface area contributed by atoms with Gasteiger partial charge in [0.25, 0.3) is 0 Å². The molecule has 0 heterocycles. The van der Waals surface area contributed by atoms with E-state index in [1.807, 2.05) is 24.3 Å². The highest BCUT2D eigenvalue weighted by molar-refractivity contribution is 5.89. The molecule has 0 aliphatic rings. The van der Waals surface area contributed by atoms with Crippen LogP contribution in [0.1, 0.15) is 18.1 Å². The molecule has 0 radical (unpaired) electrons. The average molecular weight is 298 g/mol. The Hall–Kier alpha value is -2.49. The van der Waals surface area contributed by atoms with E-state index in [-0.39, 0.29) is 6.03 Å². The lowest BCUT2D eigenvalue weighted by atomic mass is 10.1. The fourth-order valence-corrected chi connectivity index (χ4v) is 2.12. The number of nitrogens with one attached hydrogen (secondary N) is 1. The molecule has 22 heavy (non-hydrogen) atoms. The fourth-order valence-electron chi connectivity index (χ4n) is 2.12. The van der Waals surface area contributed by atoms with E-state index in [4.69, 9.17) is 4.74 Å². The van der Waals surface area contributed by atoms with Crippen molar-refractivity contribution in [2.24, 2.45) is 0 Å². The van der Waals surface area contributed by atoms with Gasteiger partial charge in [-0.1, -0.05) is 31.2 Å². The maximum Gasteiger partial charge on any atom is 0.321 e. The van der Waals surface area contributed by atoms with Gasteiger partial charge in [-0.25, -0.2) is 4.79 Å². The highest BCUT2D eigenvalue weighted by atomic mass is 16.5. The molecule has 0 bridgehead atoms. The first-order valence-corrected chi connectivity index (χ1v) is 7.36. The topological polar surface area (TPSA) is 41.6 Å². The number of benzene rings is 2. The van der Waals surface area contributed by atoms with Gasteiger partial charge in [-0.05, 0) is 41.8 Å². The number of nitrogens with zero attached hydrogens (tertiary/aromatic N) is 1. The summed E-state index contributed by atoms with van der Waals surface area (Å²) in [4.78, 5) is 13.8. The van der Waals surface area contributed by atoms with E-state index in [1.54, 1.807) is 19.1 Å². The van der Waals surface area contributed by atoms with Crippen molar-refractivity contribution in [1.29, 1.82) is 0 Å². The Morgan fingerprint density at radius 1 is 1.05 bits per heavy atom. The average Bonchev–Trinajstić information content (AvgIpc) is 2.56. The minimum atomic E-state index is -0.135. The number of hydrogen-bond acceptors (Lipinski definition) is 2. The third kappa shape index (κ3) is 4.25. The standard InChI is InChI=1S/C18H22N2O2/c1-4-14-5-7-15(8-6-14)13-20(2)18(21)19-16-9-11-17(22-3)12-10-16/h5-12H,4,13H2,1-3H3,(H,19,21). The van der Waals surface area contributed by atoms with E-state index in [0.29, 0.717) is 6.54 Å². The van der Waals surface area contributed by atoms with Crippen molar-refractivity contribution in [3.05, 3.63) is 59.7 Å². The fraction of sp³-hybridized carbons (Fsp3) is 0.278. The molecule has 4 nitrogen and oxygen atoms in total. The Labute approximate surface area is 131 Å². The van der Waals surface area contributed by atoms with Crippen molar-refractivity contribution >= 4 is 11.7 Å². The summed E-state index contributed by atoms with van der Waals surface area (Å²) in [7, 11) is 3.40. The van der Waals surface area contributed by atoms with Gasteiger partial charge < -0.3 is 15.0 Å². The molecule has 2 aromatic carbocycles. The molecule has 0 aliphatic heterocycles. The highest BCUT2D eigenvalue weighted by Gasteiger charge is 2.09. The van der Waals surface area contributed by atoms with Crippen LogP contribution in [0.15, 0.2) is 48.5 Å².